The van der Waals surface area contributed by atoms with E-state index in [-0.39, 0.29) is 0 Å². The molecular weight excluding hydrogens is 360 g/mol. The van der Waals surface area contributed by atoms with Crippen molar-refractivity contribution < 1.29 is 0 Å². The van der Waals surface area contributed by atoms with E-state index in [2.05, 4.69) is 30.3 Å². The predicted octanol–water partition coefficient (Wildman–Crippen LogP) is 9.62. The zero-order chi connectivity index (χ0) is 20.5. The molecule has 0 unspecified atom stereocenters. The zero-order valence-electron chi connectivity index (χ0n) is 19.8. The van der Waals surface area contributed by atoms with Gasteiger partial charge in [-0.3, -0.25) is 0 Å². The molecule has 4 aliphatic rings. The van der Waals surface area contributed by atoms with Crippen LogP contribution < -0.4 is 0 Å². The first-order valence-corrected chi connectivity index (χ1v) is 13.9. The van der Waals surface area contributed by atoms with Crippen LogP contribution in [-0.2, 0) is 5.41 Å². The molecule has 0 spiro atoms. The Bertz CT molecular complexity index is 547. The molecule has 1 aromatic rings. The van der Waals surface area contributed by atoms with Gasteiger partial charge in [0.25, 0.3) is 0 Å². The third-order valence-electron chi connectivity index (χ3n) is 9.45. The van der Waals surface area contributed by atoms with E-state index in [4.69, 9.17) is 0 Å². The molecule has 0 aliphatic heterocycles. The molecule has 0 aromatic heterocycles. The van der Waals surface area contributed by atoms with Crippen molar-refractivity contribution in [3.8, 4) is 0 Å². The molecule has 30 heavy (non-hydrogen) atoms. The summed E-state index contributed by atoms with van der Waals surface area (Å²) in [5, 5.41) is 0. The fourth-order valence-electron chi connectivity index (χ4n) is 7.75. The minimum atomic E-state index is 0.542. The summed E-state index contributed by atoms with van der Waals surface area (Å²) in [5.74, 6) is 3.24. The largest absolute Gasteiger partial charge is 0.0622 e. The molecule has 0 nitrogen and oxygen atoms in total. The van der Waals surface area contributed by atoms with Gasteiger partial charge in [-0.2, -0.15) is 0 Å². The first-order chi connectivity index (χ1) is 14.9. The van der Waals surface area contributed by atoms with Gasteiger partial charge >= 0.3 is 0 Å². The number of benzene rings is 1. The van der Waals surface area contributed by atoms with E-state index in [1.807, 2.05) is 0 Å². The van der Waals surface area contributed by atoms with Crippen LogP contribution in [0.25, 0.3) is 0 Å². The zero-order valence-corrected chi connectivity index (χ0v) is 19.8. The van der Waals surface area contributed by atoms with Gasteiger partial charge in [0, 0.05) is 0 Å². The normalized spacial score (nSPS) is 26.5. The van der Waals surface area contributed by atoms with E-state index in [0.717, 1.165) is 17.8 Å². The maximum Gasteiger partial charge on any atom is -0.00188 e. The lowest BCUT2D eigenvalue weighted by molar-refractivity contribution is 0.148. The molecule has 0 bridgehead atoms. The average Bonchev–Trinajstić information content (AvgIpc) is 2.87. The van der Waals surface area contributed by atoms with Crippen molar-refractivity contribution in [1.29, 1.82) is 0 Å². The molecule has 4 aliphatic carbocycles. The Morgan fingerprint density at radius 3 is 1.40 bits per heavy atom. The van der Waals surface area contributed by atoms with Gasteiger partial charge in [0.1, 0.15) is 0 Å². The highest BCUT2D eigenvalue weighted by Crippen LogP contribution is 2.50. The third kappa shape index (κ3) is 5.72. The molecular formula is C30H48. The van der Waals surface area contributed by atoms with Gasteiger partial charge in [0.2, 0.25) is 0 Å². The topological polar surface area (TPSA) is 0 Å². The Kier molecular flexibility index (Phi) is 8.76. The van der Waals surface area contributed by atoms with Crippen LogP contribution in [0.15, 0.2) is 30.3 Å². The van der Waals surface area contributed by atoms with Crippen LogP contribution >= 0.6 is 0 Å². The van der Waals surface area contributed by atoms with Crippen LogP contribution in [0.3, 0.4) is 0 Å². The van der Waals surface area contributed by atoms with Gasteiger partial charge in [-0.25, -0.2) is 0 Å². The standard InChI is InChI=1S/C18H26.C12H22/c1-4-10-16(11-5-1)18(14-8-3-9-15-18)17-12-6-2-7-13-17;1-3-7-11(8-4-1)12-9-5-2-6-10-12/h1,4-5,10-11,17H,2-3,6-9,12-15H2;11-12H,1-10H2. The summed E-state index contributed by atoms with van der Waals surface area (Å²) in [7, 11) is 0. The lowest BCUT2D eigenvalue weighted by Gasteiger charge is -2.46. The molecule has 0 heteroatoms. The van der Waals surface area contributed by atoms with Gasteiger partial charge in [0.05, 0.1) is 0 Å². The average molecular weight is 409 g/mol. The fourth-order valence-corrected chi connectivity index (χ4v) is 7.75. The Hall–Kier alpha value is -0.780. The SMILES string of the molecule is C1CCC(C2CCCCC2)CC1.c1ccc(C2(C3CCCCC3)CCCCC2)cc1. The van der Waals surface area contributed by atoms with Crippen molar-refractivity contribution in [3.05, 3.63) is 35.9 Å². The maximum absolute atomic E-state index is 2.40. The Balaban J connectivity index is 0.000000158. The predicted molar refractivity (Wildman–Crippen MR) is 131 cm³/mol. The van der Waals surface area contributed by atoms with Crippen LogP contribution in [0.4, 0.5) is 0 Å². The van der Waals surface area contributed by atoms with Gasteiger partial charge < -0.3 is 0 Å². The van der Waals surface area contributed by atoms with Crippen LogP contribution in [0.2, 0.25) is 0 Å². The molecule has 0 saturated heterocycles. The van der Waals surface area contributed by atoms with Gasteiger partial charge in [-0.05, 0) is 54.4 Å². The summed E-state index contributed by atoms with van der Waals surface area (Å²) in [6, 6.07) is 11.5. The minimum absolute atomic E-state index is 0.542. The molecule has 1 aromatic carbocycles. The summed E-state index contributed by atoms with van der Waals surface area (Å²) in [6.45, 7) is 0. The van der Waals surface area contributed by atoms with E-state index < -0.39 is 0 Å². The van der Waals surface area contributed by atoms with Crippen molar-refractivity contribution in [2.75, 3.05) is 0 Å². The van der Waals surface area contributed by atoms with Gasteiger partial charge in [0.15, 0.2) is 0 Å². The van der Waals surface area contributed by atoms with Crippen LogP contribution in [-0.4, -0.2) is 0 Å². The van der Waals surface area contributed by atoms with Crippen molar-refractivity contribution in [3.63, 3.8) is 0 Å². The van der Waals surface area contributed by atoms with Crippen molar-refractivity contribution >= 4 is 0 Å². The molecule has 5 rings (SSSR count). The van der Waals surface area contributed by atoms with Crippen molar-refractivity contribution in [1.82, 2.24) is 0 Å². The van der Waals surface area contributed by atoms with E-state index in [1.54, 1.807) is 31.2 Å². The van der Waals surface area contributed by atoms with Crippen LogP contribution in [0.5, 0.6) is 0 Å². The second kappa shape index (κ2) is 11.7. The monoisotopic (exact) mass is 408 g/mol. The van der Waals surface area contributed by atoms with E-state index in [0.29, 0.717) is 5.41 Å². The smallest absolute Gasteiger partial charge is 0.00188 e. The highest BCUT2D eigenvalue weighted by molar-refractivity contribution is 5.27. The van der Waals surface area contributed by atoms with E-state index in [1.165, 1.54) is 103 Å². The number of hydrogen-bond acceptors (Lipinski definition) is 0. The van der Waals surface area contributed by atoms with Crippen molar-refractivity contribution in [2.24, 2.45) is 17.8 Å². The summed E-state index contributed by atoms with van der Waals surface area (Å²) in [6.07, 6.45) is 30.0. The quantitative estimate of drug-likeness (QED) is 0.467. The lowest BCUT2D eigenvalue weighted by Crippen LogP contribution is -2.38. The molecule has 0 heterocycles. The summed E-state index contributed by atoms with van der Waals surface area (Å²) in [4.78, 5) is 0. The van der Waals surface area contributed by atoms with Crippen LogP contribution in [0, 0.1) is 17.8 Å². The molecule has 0 amide bonds. The van der Waals surface area contributed by atoms with Crippen molar-refractivity contribution in [2.45, 2.75) is 134 Å². The Labute approximate surface area is 187 Å². The highest BCUT2D eigenvalue weighted by Gasteiger charge is 2.41. The highest BCUT2D eigenvalue weighted by atomic mass is 14.4. The van der Waals surface area contributed by atoms with E-state index >= 15 is 0 Å². The molecule has 0 atom stereocenters. The summed E-state index contributed by atoms with van der Waals surface area (Å²) < 4.78 is 0. The molecule has 4 fully saturated rings. The summed E-state index contributed by atoms with van der Waals surface area (Å²) >= 11 is 0. The summed E-state index contributed by atoms with van der Waals surface area (Å²) in [5.41, 5.74) is 2.19. The fraction of sp³-hybridized carbons (Fsp3) is 0.800. The number of hydrogen-bond donors (Lipinski definition) is 0. The minimum Gasteiger partial charge on any atom is -0.0622 e. The lowest BCUT2D eigenvalue weighted by atomic mass is 9.58. The first kappa shape index (κ1) is 22.4. The van der Waals surface area contributed by atoms with Gasteiger partial charge in [-0.15, -0.1) is 0 Å². The third-order valence-corrected chi connectivity index (χ3v) is 9.45. The van der Waals surface area contributed by atoms with E-state index in [9.17, 15) is 0 Å². The first-order valence-electron chi connectivity index (χ1n) is 13.9. The number of rotatable bonds is 3. The Morgan fingerprint density at radius 2 is 0.900 bits per heavy atom. The Morgan fingerprint density at radius 1 is 0.467 bits per heavy atom. The molecule has 0 radical (unpaired) electrons. The second-order valence-corrected chi connectivity index (χ2v) is 11.2. The second-order valence-electron chi connectivity index (χ2n) is 11.2. The van der Waals surface area contributed by atoms with Crippen LogP contribution in [0.1, 0.15) is 134 Å². The molecule has 0 N–H and O–H groups in total. The van der Waals surface area contributed by atoms with Gasteiger partial charge in [-0.1, -0.05) is 133 Å². The molecule has 168 valence electrons. The molecule has 4 saturated carbocycles. The maximum atomic E-state index is 2.40.